The van der Waals surface area contributed by atoms with Crippen molar-refractivity contribution >= 4 is 0 Å². The molecule has 0 fully saturated rings. The van der Waals surface area contributed by atoms with Crippen LogP contribution in [0.4, 0.5) is 8.78 Å². The minimum atomic E-state index is -3.12. The third-order valence-electron chi connectivity index (χ3n) is 0.868. The smallest absolute Gasteiger partial charge is 0.319 e. The molecule has 5 heteroatoms. The first-order valence-corrected chi connectivity index (χ1v) is 2.53. The van der Waals surface area contributed by atoms with Gasteiger partial charge >= 0.3 is 5.92 Å². The Morgan fingerprint density at radius 1 is 1.70 bits per heavy atom. The average molecular weight is 149 g/mol. The van der Waals surface area contributed by atoms with E-state index in [-0.39, 0.29) is 0 Å². The van der Waals surface area contributed by atoms with E-state index in [2.05, 4.69) is 9.40 Å². The molecule has 0 amide bonds. The Kier molecular flexibility index (Phi) is 1.35. The maximum atomic E-state index is 12.2. The van der Waals surface area contributed by atoms with Crippen molar-refractivity contribution in [1.82, 2.24) is 4.98 Å². The van der Waals surface area contributed by atoms with Crippen molar-refractivity contribution < 1.29 is 18.3 Å². The van der Waals surface area contributed by atoms with Gasteiger partial charge < -0.3 is 9.52 Å². The Balaban J connectivity index is 2.96. The summed E-state index contributed by atoms with van der Waals surface area (Å²) in [5.41, 5.74) is 0. The van der Waals surface area contributed by atoms with Crippen LogP contribution in [0.15, 0.2) is 10.7 Å². The summed E-state index contributed by atoms with van der Waals surface area (Å²) < 4.78 is 28.6. The van der Waals surface area contributed by atoms with E-state index < -0.39 is 17.7 Å². The normalized spacial score (nSPS) is 11.9. The second kappa shape index (κ2) is 1.93. The lowest BCUT2D eigenvalue weighted by Gasteiger charge is -2.01. The van der Waals surface area contributed by atoms with E-state index in [0.29, 0.717) is 6.92 Å². The van der Waals surface area contributed by atoms with Crippen LogP contribution in [0, 0.1) is 0 Å². The zero-order valence-electron chi connectivity index (χ0n) is 5.14. The van der Waals surface area contributed by atoms with E-state index in [1.165, 1.54) is 0 Å². The zero-order valence-corrected chi connectivity index (χ0v) is 5.14. The van der Waals surface area contributed by atoms with Gasteiger partial charge in [0.2, 0.25) is 0 Å². The molecule has 0 aliphatic rings. The molecule has 1 heterocycles. The Morgan fingerprint density at radius 2 is 2.30 bits per heavy atom. The van der Waals surface area contributed by atoms with Crippen molar-refractivity contribution in [3.05, 3.63) is 12.2 Å². The van der Waals surface area contributed by atoms with Gasteiger partial charge in [-0.15, -0.1) is 0 Å². The van der Waals surface area contributed by atoms with Crippen molar-refractivity contribution in [2.75, 3.05) is 0 Å². The fraction of sp³-hybridized carbons (Fsp3) is 0.400. The SMILES string of the molecule is CC(F)(F)c1nc(O)co1. The molecule has 0 saturated carbocycles. The van der Waals surface area contributed by atoms with Crippen molar-refractivity contribution in [3.8, 4) is 5.88 Å². The molecule has 56 valence electrons. The third kappa shape index (κ3) is 1.23. The topological polar surface area (TPSA) is 46.3 Å². The third-order valence-corrected chi connectivity index (χ3v) is 0.868. The van der Waals surface area contributed by atoms with Crippen LogP contribution >= 0.6 is 0 Å². The number of oxazole rings is 1. The molecule has 0 bridgehead atoms. The largest absolute Gasteiger partial charge is 0.491 e. The van der Waals surface area contributed by atoms with Gasteiger partial charge in [0.05, 0.1) is 0 Å². The van der Waals surface area contributed by atoms with Gasteiger partial charge in [0.1, 0.15) is 0 Å². The fourth-order valence-electron chi connectivity index (χ4n) is 0.467. The first-order chi connectivity index (χ1) is 4.50. The fourth-order valence-corrected chi connectivity index (χ4v) is 0.467. The van der Waals surface area contributed by atoms with E-state index in [1.54, 1.807) is 0 Å². The Hall–Kier alpha value is -1.13. The Bertz CT molecular complexity index is 228. The number of rotatable bonds is 1. The van der Waals surface area contributed by atoms with Gasteiger partial charge in [-0.25, -0.2) is 0 Å². The molecule has 1 rings (SSSR count). The van der Waals surface area contributed by atoms with Gasteiger partial charge in [0.25, 0.3) is 11.8 Å². The maximum absolute atomic E-state index is 12.2. The van der Waals surface area contributed by atoms with Crippen LogP contribution in [0.3, 0.4) is 0 Å². The average Bonchev–Trinajstić information content (AvgIpc) is 2.11. The van der Waals surface area contributed by atoms with Gasteiger partial charge in [-0.05, 0) is 0 Å². The van der Waals surface area contributed by atoms with Crippen LogP contribution in [-0.2, 0) is 5.92 Å². The first kappa shape index (κ1) is 6.98. The second-order valence-corrected chi connectivity index (χ2v) is 1.90. The Labute approximate surface area is 55.3 Å². The van der Waals surface area contributed by atoms with E-state index in [1.807, 2.05) is 0 Å². The summed E-state index contributed by atoms with van der Waals surface area (Å²) >= 11 is 0. The summed E-state index contributed by atoms with van der Waals surface area (Å²) in [4.78, 5) is 3.02. The van der Waals surface area contributed by atoms with Crippen LogP contribution < -0.4 is 0 Å². The van der Waals surface area contributed by atoms with Crippen molar-refractivity contribution in [2.45, 2.75) is 12.8 Å². The minimum Gasteiger partial charge on any atom is -0.491 e. The molecule has 0 unspecified atom stereocenters. The molecular formula is C5H5F2NO2. The summed E-state index contributed by atoms with van der Waals surface area (Å²) in [5.74, 6) is -4.43. The lowest BCUT2D eigenvalue weighted by Crippen LogP contribution is -2.06. The van der Waals surface area contributed by atoms with Gasteiger partial charge in [0, 0.05) is 6.92 Å². The van der Waals surface area contributed by atoms with Crippen LogP contribution in [0.25, 0.3) is 0 Å². The number of nitrogens with zero attached hydrogens (tertiary/aromatic N) is 1. The molecule has 3 nitrogen and oxygen atoms in total. The van der Waals surface area contributed by atoms with Crippen molar-refractivity contribution in [2.24, 2.45) is 0 Å². The predicted octanol–water partition coefficient (Wildman–Crippen LogP) is 1.49. The number of aromatic nitrogens is 1. The molecular weight excluding hydrogens is 144 g/mol. The molecule has 1 aromatic rings. The number of halogens is 2. The lowest BCUT2D eigenvalue weighted by molar-refractivity contribution is -0.0110. The quantitative estimate of drug-likeness (QED) is 0.657. The summed E-state index contributed by atoms with van der Waals surface area (Å²) in [6, 6.07) is 0. The van der Waals surface area contributed by atoms with E-state index in [9.17, 15) is 8.78 Å². The minimum absolute atomic E-state index is 0.531. The van der Waals surface area contributed by atoms with Crippen molar-refractivity contribution in [3.63, 3.8) is 0 Å². The molecule has 0 aliphatic heterocycles. The van der Waals surface area contributed by atoms with Crippen LogP contribution in [-0.4, -0.2) is 10.1 Å². The van der Waals surface area contributed by atoms with Crippen LogP contribution in [0.1, 0.15) is 12.8 Å². The first-order valence-electron chi connectivity index (χ1n) is 2.53. The van der Waals surface area contributed by atoms with Gasteiger partial charge in [0.15, 0.2) is 6.26 Å². The van der Waals surface area contributed by atoms with Crippen molar-refractivity contribution in [1.29, 1.82) is 0 Å². The Morgan fingerprint density at radius 3 is 2.50 bits per heavy atom. The maximum Gasteiger partial charge on any atom is 0.319 e. The molecule has 0 aromatic carbocycles. The summed E-state index contributed by atoms with van der Waals surface area (Å²) in [6.45, 7) is 0.637. The highest BCUT2D eigenvalue weighted by molar-refractivity contribution is 5.02. The van der Waals surface area contributed by atoms with Gasteiger partial charge in [-0.2, -0.15) is 13.8 Å². The van der Waals surface area contributed by atoms with Gasteiger partial charge in [-0.1, -0.05) is 0 Å². The van der Waals surface area contributed by atoms with Gasteiger partial charge in [-0.3, -0.25) is 0 Å². The van der Waals surface area contributed by atoms with E-state index in [0.717, 1.165) is 6.26 Å². The molecule has 10 heavy (non-hydrogen) atoms. The highest BCUT2D eigenvalue weighted by Gasteiger charge is 2.30. The molecule has 0 atom stereocenters. The number of alkyl halides is 2. The molecule has 1 N–H and O–H groups in total. The summed E-state index contributed by atoms with van der Waals surface area (Å²) in [6.07, 6.45) is 0.757. The second-order valence-electron chi connectivity index (χ2n) is 1.90. The molecule has 0 spiro atoms. The number of aromatic hydroxyl groups is 1. The molecule has 0 saturated heterocycles. The molecule has 0 aliphatic carbocycles. The van der Waals surface area contributed by atoms with Crippen LogP contribution in [0.2, 0.25) is 0 Å². The number of hydrogen-bond donors (Lipinski definition) is 1. The highest BCUT2D eigenvalue weighted by Crippen LogP contribution is 2.26. The summed E-state index contributed by atoms with van der Waals surface area (Å²) in [7, 11) is 0. The molecule has 1 aromatic heterocycles. The van der Waals surface area contributed by atoms with Crippen LogP contribution in [0.5, 0.6) is 5.88 Å². The van der Waals surface area contributed by atoms with E-state index >= 15 is 0 Å². The predicted molar refractivity (Wildman–Crippen MR) is 27.7 cm³/mol. The monoisotopic (exact) mass is 149 g/mol. The molecule has 0 radical (unpaired) electrons. The van der Waals surface area contributed by atoms with E-state index in [4.69, 9.17) is 5.11 Å². The highest BCUT2D eigenvalue weighted by atomic mass is 19.3. The standard InChI is InChI=1S/C5H5F2NO2/c1-5(6,7)4-8-3(9)2-10-4/h2,9H,1H3. The summed E-state index contributed by atoms with van der Waals surface area (Å²) in [5, 5.41) is 8.48. The lowest BCUT2D eigenvalue weighted by atomic mass is 10.4. The zero-order chi connectivity index (χ0) is 7.78. The number of hydrogen-bond acceptors (Lipinski definition) is 3.